The van der Waals surface area contributed by atoms with Crippen molar-refractivity contribution in [1.29, 1.82) is 0 Å². The number of halogens is 2. The van der Waals surface area contributed by atoms with E-state index in [1.165, 1.54) is 6.07 Å². The van der Waals surface area contributed by atoms with E-state index in [0.717, 1.165) is 31.6 Å². The molecule has 176 valence electrons. The number of aliphatic hydroxyl groups excluding tert-OH is 1. The number of aliphatic hydroxyl groups is 1. The third-order valence-corrected chi connectivity index (χ3v) is 6.47. The lowest BCUT2D eigenvalue weighted by molar-refractivity contribution is 0.143. The van der Waals surface area contributed by atoms with Crippen LogP contribution >= 0.6 is 0 Å². The Balaban J connectivity index is 1.42. The molecule has 2 aliphatic heterocycles. The first-order valence-corrected chi connectivity index (χ1v) is 11.3. The second-order valence-electron chi connectivity index (χ2n) is 8.89. The van der Waals surface area contributed by atoms with Gasteiger partial charge in [-0.1, -0.05) is 0 Å². The van der Waals surface area contributed by atoms with Crippen molar-refractivity contribution in [2.45, 2.75) is 44.3 Å². The molecular weight excluding hydrogens is 430 g/mol. The zero-order valence-electron chi connectivity index (χ0n) is 18.5. The molecule has 0 aromatic carbocycles. The number of nitrogens with zero attached hydrogens (tertiary/aromatic N) is 7. The Morgan fingerprint density at radius 3 is 2.55 bits per heavy atom. The van der Waals surface area contributed by atoms with Crippen molar-refractivity contribution >= 4 is 28.4 Å². The van der Waals surface area contributed by atoms with E-state index < -0.39 is 6.43 Å². The summed E-state index contributed by atoms with van der Waals surface area (Å²) in [6.45, 7) is 3.16. The minimum atomic E-state index is -2.69. The van der Waals surface area contributed by atoms with E-state index in [1.54, 1.807) is 12.4 Å². The quantitative estimate of drug-likeness (QED) is 0.602. The fraction of sp³-hybridized carbons (Fsp3) is 0.545. The van der Waals surface area contributed by atoms with E-state index in [9.17, 15) is 13.9 Å². The van der Waals surface area contributed by atoms with E-state index in [0.29, 0.717) is 54.6 Å². The summed E-state index contributed by atoms with van der Waals surface area (Å²) in [6, 6.07) is 1.71. The van der Waals surface area contributed by atoms with E-state index in [4.69, 9.17) is 0 Å². The normalized spacial score (nSPS) is 19.0. The molecule has 2 fully saturated rings. The first-order valence-electron chi connectivity index (χ1n) is 11.3. The number of pyridine rings is 1. The lowest BCUT2D eigenvalue weighted by Gasteiger charge is -2.31. The van der Waals surface area contributed by atoms with E-state index in [-0.39, 0.29) is 11.8 Å². The molecule has 0 bridgehead atoms. The van der Waals surface area contributed by atoms with Gasteiger partial charge >= 0.3 is 0 Å². The number of likely N-dealkylation sites (tertiary alicyclic amines) is 1. The van der Waals surface area contributed by atoms with Gasteiger partial charge in [0.05, 0.1) is 24.0 Å². The summed E-state index contributed by atoms with van der Waals surface area (Å²) < 4.78 is 28.9. The van der Waals surface area contributed by atoms with Gasteiger partial charge in [0.15, 0.2) is 5.82 Å². The maximum atomic E-state index is 13.5. The summed E-state index contributed by atoms with van der Waals surface area (Å²) in [7, 11) is 2.13. The van der Waals surface area contributed by atoms with E-state index in [1.807, 2.05) is 15.8 Å². The molecule has 0 atom stereocenters. The predicted octanol–water partition coefficient (Wildman–Crippen LogP) is 3.13. The van der Waals surface area contributed by atoms with Crippen LogP contribution in [0.5, 0.6) is 0 Å². The lowest BCUT2D eigenvalue weighted by Crippen LogP contribution is -2.36. The SMILES string of the molecule is CN1CCC(n2cc(Nc3ncc4cc(C(F)F)nc(N5CCC(O)CC5)c4n3)cn2)CC1. The fourth-order valence-corrected chi connectivity index (χ4v) is 4.50. The van der Waals surface area contributed by atoms with Crippen LogP contribution in [0.3, 0.4) is 0 Å². The number of aromatic nitrogens is 5. The van der Waals surface area contributed by atoms with Crippen LogP contribution in [0.25, 0.3) is 10.9 Å². The zero-order valence-corrected chi connectivity index (χ0v) is 18.5. The van der Waals surface area contributed by atoms with E-state index >= 15 is 0 Å². The van der Waals surface area contributed by atoms with Crippen LogP contribution in [0.15, 0.2) is 24.7 Å². The van der Waals surface area contributed by atoms with Crippen molar-refractivity contribution in [3.8, 4) is 0 Å². The number of piperidine rings is 2. The Kier molecular flexibility index (Phi) is 6.07. The highest BCUT2D eigenvalue weighted by Gasteiger charge is 2.24. The molecule has 2 saturated heterocycles. The van der Waals surface area contributed by atoms with Crippen molar-refractivity contribution in [2.24, 2.45) is 0 Å². The maximum absolute atomic E-state index is 13.5. The maximum Gasteiger partial charge on any atom is 0.280 e. The van der Waals surface area contributed by atoms with Gasteiger partial charge in [-0.2, -0.15) is 5.10 Å². The minimum absolute atomic E-state index is 0.299. The van der Waals surface area contributed by atoms with Crippen LogP contribution in [-0.2, 0) is 0 Å². The standard InChI is InChI=1S/C22H28F2N8O/c1-30-6-2-16(3-7-30)32-13-15(12-26-32)27-22-25-11-14-10-18(20(23)24)28-21(19(14)29-22)31-8-4-17(33)5-9-31/h10-13,16-17,20,33H,2-9H2,1H3,(H,25,27,29). The molecule has 33 heavy (non-hydrogen) atoms. The summed E-state index contributed by atoms with van der Waals surface area (Å²) in [5, 5.41) is 18.0. The fourth-order valence-electron chi connectivity index (χ4n) is 4.50. The average Bonchev–Trinajstić information content (AvgIpc) is 3.28. The van der Waals surface area contributed by atoms with Crippen LogP contribution in [0.2, 0.25) is 0 Å². The molecule has 5 rings (SSSR count). The van der Waals surface area contributed by atoms with Crippen LogP contribution in [0, 0.1) is 0 Å². The largest absolute Gasteiger partial charge is 0.393 e. The number of anilines is 3. The number of nitrogens with one attached hydrogen (secondary N) is 1. The molecule has 2 aliphatic rings. The van der Waals surface area contributed by atoms with Gasteiger partial charge in [0.1, 0.15) is 11.2 Å². The van der Waals surface area contributed by atoms with Crippen molar-refractivity contribution < 1.29 is 13.9 Å². The molecule has 2 N–H and O–H groups in total. The Hall–Kier alpha value is -2.92. The Morgan fingerprint density at radius 1 is 1.06 bits per heavy atom. The van der Waals surface area contributed by atoms with Gasteiger partial charge in [0.25, 0.3) is 6.43 Å². The monoisotopic (exact) mass is 458 g/mol. The number of alkyl halides is 2. The smallest absolute Gasteiger partial charge is 0.280 e. The number of fused-ring (bicyclic) bond motifs is 1. The predicted molar refractivity (Wildman–Crippen MR) is 121 cm³/mol. The van der Waals surface area contributed by atoms with E-state index in [2.05, 4.69) is 37.3 Å². The molecule has 0 aliphatic carbocycles. The molecular formula is C22H28F2N8O. The molecule has 0 spiro atoms. The van der Waals surface area contributed by atoms with Gasteiger partial charge in [-0.25, -0.2) is 23.7 Å². The number of hydrogen-bond acceptors (Lipinski definition) is 8. The molecule has 3 aromatic rings. The highest BCUT2D eigenvalue weighted by atomic mass is 19.3. The molecule has 0 saturated carbocycles. The molecule has 9 nitrogen and oxygen atoms in total. The van der Waals surface area contributed by atoms with Gasteiger partial charge in [-0.05, 0) is 51.9 Å². The highest BCUT2D eigenvalue weighted by Crippen LogP contribution is 2.31. The summed E-state index contributed by atoms with van der Waals surface area (Å²) in [5.74, 6) is 0.762. The average molecular weight is 459 g/mol. The van der Waals surface area contributed by atoms with Gasteiger partial charge in [-0.15, -0.1) is 0 Å². The first kappa shape index (κ1) is 21.9. The Morgan fingerprint density at radius 2 is 1.82 bits per heavy atom. The lowest BCUT2D eigenvalue weighted by atomic mass is 10.1. The van der Waals surface area contributed by atoms with Crippen LogP contribution in [0.1, 0.15) is 43.8 Å². The molecule has 5 heterocycles. The molecule has 0 amide bonds. The number of rotatable bonds is 5. The van der Waals surface area contributed by atoms with Crippen molar-refractivity contribution in [3.05, 3.63) is 30.4 Å². The molecule has 3 aromatic heterocycles. The third-order valence-electron chi connectivity index (χ3n) is 6.47. The second-order valence-corrected chi connectivity index (χ2v) is 8.89. The topological polar surface area (TPSA) is 95.2 Å². The van der Waals surface area contributed by atoms with Gasteiger partial charge in [-0.3, -0.25) is 4.68 Å². The van der Waals surface area contributed by atoms with Crippen molar-refractivity contribution in [2.75, 3.05) is 43.4 Å². The van der Waals surface area contributed by atoms with Crippen LogP contribution in [0.4, 0.5) is 26.2 Å². The summed E-state index contributed by atoms with van der Waals surface area (Å²) >= 11 is 0. The van der Waals surface area contributed by atoms with Gasteiger partial charge in [0, 0.05) is 30.9 Å². The van der Waals surface area contributed by atoms with Crippen LogP contribution in [-0.4, -0.2) is 74.1 Å². The molecule has 0 unspecified atom stereocenters. The summed E-state index contributed by atoms with van der Waals surface area (Å²) in [6.07, 6.45) is 5.41. The zero-order chi connectivity index (χ0) is 22.9. The van der Waals surface area contributed by atoms with Crippen LogP contribution < -0.4 is 10.2 Å². The Bertz CT molecular complexity index is 1110. The number of hydrogen-bond donors (Lipinski definition) is 2. The Labute approximate surface area is 190 Å². The van der Waals surface area contributed by atoms with Gasteiger partial charge in [0.2, 0.25) is 5.95 Å². The first-order chi connectivity index (χ1) is 16.0. The second kappa shape index (κ2) is 9.14. The molecule has 0 radical (unpaired) electrons. The summed E-state index contributed by atoms with van der Waals surface area (Å²) in [5.41, 5.74) is 0.983. The van der Waals surface area contributed by atoms with Crippen molar-refractivity contribution in [3.63, 3.8) is 0 Å². The highest BCUT2D eigenvalue weighted by molar-refractivity contribution is 5.89. The minimum Gasteiger partial charge on any atom is -0.393 e. The van der Waals surface area contributed by atoms with Gasteiger partial charge < -0.3 is 20.2 Å². The molecule has 11 heteroatoms. The van der Waals surface area contributed by atoms with Crippen molar-refractivity contribution in [1.82, 2.24) is 29.6 Å². The summed E-state index contributed by atoms with van der Waals surface area (Å²) in [4.78, 5) is 17.4. The third kappa shape index (κ3) is 4.74.